The second-order valence-electron chi connectivity index (χ2n) is 3.45. The molecule has 0 saturated carbocycles. The topological polar surface area (TPSA) is 60.8 Å². The molecule has 10 heteroatoms. The Kier molecular flexibility index (Phi) is 8.56. The van der Waals surface area contributed by atoms with Crippen molar-refractivity contribution in [3.8, 4) is 0 Å². The molecule has 0 unspecified atom stereocenters. The van der Waals surface area contributed by atoms with E-state index in [0.29, 0.717) is 42.5 Å². The molecule has 0 aliphatic heterocycles. The Bertz CT molecular complexity index is 653. The van der Waals surface area contributed by atoms with Crippen LogP contribution < -0.4 is 0 Å². The standard InChI is InChI=1S/C8H8BrClN2O.C4HBrCl2N2/c1-3-13-5(2)7-6(9)8(10)12-4-11-7;5-2-3(6)8-1-9-4(2)7/h4H,2-3H2,1H3;1H. The number of hydrogen-bond acceptors (Lipinski definition) is 5. The number of hydrogen-bond donors (Lipinski definition) is 0. The summed E-state index contributed by atoms with van der Waals surface area (Å²) >= 11 is 23.2. The summed E-state index contributed by atoms with van der Waals surface area (Å²) in [6.07, 6.45) is 2.67. The molecular formula is C12H9Br2Cl3N4O. The van der Waals surface area contributed by atoms with Gasteiger partial charge in [-0.1, -0.05) is 41.4 Å². The van der Waals surface area contributed by atoms with Crippen LogP contribution in [0.15, 0.2) is 28.2 Å². The first kappa shape index (κ1) is 19.6. The smallest absolute Gasteiger partial charge is 0.148 e. The molecule has 0 radical (unpaired) electrons. The van der Waals surface area contributed by atoms with Crippen LogP contribution in [-0.4, -0.2) is 26.5 Å². The van der Waals surface area contributed by atoms with Crippen LogP contribution in [-0.2, 0) is 4.74 Å². The van der Waals surface area contributed by atoms with Gasteiger partial charge in [0.15, 0.2) is 0 Å². The zero-order valence-corrected chi connectivity index (χ0v) is 16.6. The van der Waals surface area contributed by atoms with Gasteiger partial charge in [0.25, 0.3) is 0 Å². The highest BCUT2D eigenvalue weighted by molar-refractivity contribution is 9.11. The van der Waals surface area contributed by atoms with Gasteiger partial charge in [0.1, 0.15) is 39.6 Å². The van der Waals surface area contributed by atoms with E-state index < -0.39 is 0 Å². The highest BCUT2D eigenvalue weighted by Crippen LogP contribution is 2.27. The third-order valence-corrected chi connectivity index (χ3v) is 5.08. The summed E-state index contributed by atoms with van der Waals surface area (Å²) in [5.41, 5.74) is 0.585. The Hall–Kier alpha value is -0.470. The monoisotopic (exact) mass is 488 g/mol. The third kappa shape index (κ3) is 5.62. The Morgan fingerprint density at radius 3 is 1.91 bits per heavy atom. The Labute approximate surface area is 159 Å². The average molecular weight is 491 g/mol. The van der Waals surface area contributed by atoms with E-state index in [1.807, 2.05) is 6.92 Å². The van der Waals surface area contributed by atoms with E-state index in [9.17, 15) is 0 Å². The molecule has 22 heavy (non-hydrogen) atoms. The van der Waals surface area contributed by atoms with Gasteiger partial charge in [-0.25, -0.2) is 19.9 Å². The van der Waals surface area contributed by atoms with Gasteiger partial charge in [0.05, 0.1) is 15.6 Å². The zero-order valence-electron chi connectivity index (χ0n) is 11.2. The van der Waals surface area contributed by atoms with Crippen LogP contribution in [0.3, 0.4) is 0 Å². The van der Waals surface area contributed by atoms with Gasteiger partial charge < -0.3 is 4.74 Å². The van der Waals surface area contributed by atoms with Crippen molar-refractivity contribution < 1.29 is 4.74 Å². The summed E-state index contributed by atoms with van der Waals surface area (Å²) in [6, 6.07) is 0. The van der Waals surface area contributed by atoms with E-state index in [0.717, 1.165) is 0 Å². The highest BCUT2D eigenvalue weighted by atomic mass is 79.9. The predicted molar refractivity (Wildman–Crippen MR) is 95.2 cm³/mol. The molecule has 0 aliphatic carbocycles. The van der Waals surface area contributed by atoms with Crippen molar-refractivity contribution in [2.45, 2.75) is 6.92 Å². The summed E-state index contributed by atoms with van der Waals surface area (Å²) in [6.45, 7) is 6.14. The Morgan fingerprint density at radius 1 is 1.00 bits per heavy atom. The maximum absolute atomic E-state index is 5.76. The first-order valence-electron chi connectivity index (χ1n) is 5.68. The molecule has 118 valence electrons. The van der Waals surface area contributed by atoms with Crippen molar-refractivity contribution >= 4 is 72.4 Å². The van der Waals surface area contributed by atoms with E-state index in [1.165, 1.54) is 12.7 Å². The normalized spacial score (nSPS) is 9.73. The SMILES string of the molecule is C=C(OCC)c1ncnc(Cl)c1Br.Clc1ncnc(Cl)c1Br. The number of rotatable bonds is 3. The summed E-state index contributed by atoms with van der Waals surface area (Å²) in [7, 11) is 0. The van der Waals surface area contributed by atoms with E-state index in [2.05, 4.69) is 58.4 Å². The van der Waals surface area contributed by atoms with E-state index in [1.54, 1.807) is 0 Å². The van der Waals surface area contributed by atoms with Crippen LogP contribution in [0.2, 0.25) is 15.5 Å². The summed E-state index contributed by atoms with van der Waals surface area (Å²) in [4.78, 5) is 15.1. The molecule has 2 rings (SSSR count). The van der Waals surface area contributed by atoms with Crippen LogP contribution >= 0.6 is 66.7 Å². The van der Waals surface area contributed by atoms with Gasteiger partial charge in [-0.05, 0) is 38.8 Å². The molecule has 0 saturated heterocycles. The molecule has 0 aliphatic rings. The molecule has 0 amide bonds. The largest absolute Gasteiger partial charge is 0.492 e. The van der Waals surface area contributed by atoms with Gasteiger partial charge >= 0.3 is 0 Å². The van der Waals surface area contributed by atoms with Crippen LogP contribution in [0.25, 0.3) is 5.76 Å². The van der Waals surface area contributed by atoms with Crippen LogP contribution in [0.1, 0.15) is 12.6 Å². The number of ether oxygens (including phenoxy) is 1. The van der Waals surface area contributed by atoms with Crippen molar-refractivity contribution in [1.29, 1.82) is 0 Å². The lowest BCUT2D eigenvalue weighted by molar-refractivity contribution is 0.297. The van der Waals surface area contributed by atoms with E-state index in [-0.39, 0.29) is 0 Å². The van der Waals surface area contributed by atoms with Gasteiger partial charge in [0.2, 0.25) is 0 Å². The van der Waals surface area contributed by atoms with Gasteiger partial charge in [-0.2, -0.15) is 0 Å². The van der Waals surface area contributed by atoms with Crippen molar-refractivity contribution in [3.63, 3.8) is 0 Å². The second-order valence-corrected chi connectivity index (χ2v) is 6.11. The Morgan fingerprint density at radius 2 is 1.45 bits per heavy atom. The fourth-order valence-corrected chi connectivity index (χ4v) is 2.19. The summed E-state index contributed by atoms with van der Waals surface area (Å²) in [5, 5.41) is 1.01. The van der Waals surface area contributed by atoms with Crippen molar-refractivity contribution in [2.75, 3.05) is 6.61 Å². The Balaban J connectivity index is 0.000000235. The second kappa shape index (κ2) is 9.62. The van der Waals surface area contributed by atoms with Crippen LogP contribution in [0.4, 0.5) is 0 Å². The minimum absolute atomic E-state index is 0.329. The lowest BCUT2D eigenvalue weighted by Crippen LogP contribution is -1.96. The fraction of sp³-hybridized carbons (Fsp3) is 0.167. The van der Waals surface area contributed by atoms with Crippen molar-refractivity contribution in [2.24, 2.45) is 0 Å². The average Bonchev–Trinajstić information content (AvgIpc) is 2.48. The highest BCUT2D eigenvalue weighted by Gasteiger charge is 2.10. The summed E-state index contributed by atoms with van der Waals surface area (Å²) < 4.78 is 6.33. The minimum atomic E-state index is 0.329. The predicted octanol–water partition coefficient (Wildman–Crippen LogP) is 5.45. The first-order valence-corrected chi connectivity index (χ1v) is 8.40. The number of nitrogens with zero attached hydrogens (tertiary/aromatic N) is 4. The molecule has 0 spiro atoms. The molecule has 0 bridgehead atoms. The molecule has 0 fully saturated rings. The minimum Gasteiger partial charge on any atom is -0.492 e. The molecular weight excluding hydrogens is 482 g/mol. The molecule has 2 heterocycles. The third-order valence-electron chi connectivity index (χ3n) is 2.03. The number of aromatic nitrogens is 4. The molecule has 0 atom stereocenters. The zero-order chi connectivity index (χ0) is 16.7. The number of halogens is 5. The van der Waals surface area contributed by atoms with E-state index >= 15 is 0 Å². The van der Waals surface area contributed by atoms with E-state index in [4.69, 9.17) is 39.5 Å². The van der Waals surface area contributed by atoms with Crippen LogP contribution in [0.5, 0.6) is 0 Å². The summed E-state index contributed by atoms with van der Waals surface area (Å²) in [5.74, 6) is 0.485. The maximum Gasteiger partial charge on any atom is 0.148 e. The molecule has 5 nitrogen and oxygen atoms in total. The first-order chi connectivity index (χ1) is 10.4. The lowest BCUT2D eigenvalue weighted by Gasteiger charge is -2.07. The lowest BCUT2D eigenvalue weighted by atomic mass is 10.3. The van der Waals surface area contributed by atoms with Crippen molar-refractivity contribution in [1.82, 2.24) is 19.9 Å². The van der Waals surface area contributed by atoms with Crippen LogP contribution in [0, 0.1) is 0 Å². The molecule has 2 aromatic rings. The molecule has 0 aromatic carbocycles. The quantitative estimate of drug-likeness (QED) is 0.423. The maximum atomic E-state index is 5.76. The van der Waals surface area contributed by atoms with Crippen molar-refractivity contribution in [3.05, 3.63) is 49.3 Å². The van der Waals surface area contributed by atoms with Gasteiger partial charge in [-0.3, -0.25) is 0 Å². The molecule has 0 N–H and O–H groups in total. The fourth-order valence-electron chi connectivity index (χ4n) is 1.11. The van der Waals surface area contributed by atoms with Gasteiger partial charge in [0, 0.05) is 0 Å². The van der Waals surface area contributed by atoms with Gasteiger partial charge in [-0.15, -0.1) is 0 Å². The molecule has 2 aromatic heterocycles.